The number of Topliss-reactive ketones (excluding diaryl/α,β-unsaturated/α-hetero) is 2. The molecule has 6 atom stereocenters. The molecule has 1 aromatic rings. The van der Waals surface area contributed by atoms with E-state index in [1.54, 1.807) is 0 Å². The number of aromatic hydroxyl groups is 1. The Hall–Kier alpha value is -3.28. The van der Waals surface area contributed by atoms with E-state index in [-0.39, 0.29) is 11.1 Å². The molecule has 4 rings (SSSR count). The van der Waals surface area contributed by atoms with Gasteiger partial charge in [-0.15, -0.1) is 0 Å². The summed E-state index contributed by atoms with van der Waals surface area (Å²) in [4.78, 5) is 39.9. The number of amides is 1. The number of hydrogen-bond donors (Lipinski definition) is 6. The Bertz CT molecular complexity index is 1190. The number of ketones is 2. The van der Waals surface area contributed by atoms with E-state index in [1.807, 2.05) is 0 Å². The maximum Gasteiger partial charge on any atom is 0.255 e. The van der Waals surface area contributed by atoms with E-state index in [2.05, 4.69) is 0 Å². The third-order valence-electron chi connectivity index (χ3n) is 7.05. The van der Waals surface area contributed by atoms with Gasteiger partial charge in [-0.1, -0.05) is 6.92 Å². The molecule has 3 aliphatic rings. The average Bonchev–Trinajstić information content (AvgIpc) is 2.72. The summed E-state index contributed by atoms with van der Waals surface area (Å²) in [6.07, 6.45) is -1.76. The van der Waals surface area contributed by atoms with E-state index in [0.29, 0.717) is 0 Å². The molecule has 11 heteroatoms. The number of hydrogen-bond acceptors (Lipinski definition) is 9. The molecule has 33 heavy (non-hydrogen) atoms. The molecular formula is C22H23FN2O8. The molecular weight excluding hydrogens is 439 g/mol. The first-order valence-electron chi connectivity index (χ1n) is 10.1. The topological polar surface area (TPSA) is 182 Å². The zero-order valence-corrected chi connectivity index (χ0v) is 17.9. The molecule has 0 aromatic heterocycles. The molecule has 3 aliphatic carbocycles. The second-order valence-electron chi connectivity index (χ2n) is 8.90. The highest BCUT2D eigenvalue weighted by atomic mass is 19.1. The number of nitrogens with zero attached hydrogens (tertiary/aromatic N) is 1. The van der Waals surface area contributed by atoms with Crippen LogP contribution < -0.4 is 5.73 Å². The molecule has 0 heterocycles. The minimum Gasteiger partial charge on any atom is -0.508 e. The number of likely N-dealkylation sites (N-methyl/N-ethyl adjacent to an activating group) is 1. The van der Waals surface area contributed by atoms with Gasteiger partial charge < -0.3 is 31.3 Å². The summed E-state index contributed by atoms with van der Waals surface area (Å²) in [6, 6.07) is 0.485. The lowest BCUT2D eigenvalue weighted by Crippen LogP contribution is -2.70. The van der Waals surface area contributed by atoms with Crippen LogP contribution in [0.1, 0.15) is 24.0 Å². The lowest BCUT2D eigenvalue weighted by Gasteiger charge is -2.53. The average molecular weight is 462 g/mol. The van der Waals surface area contributed by atoms with E-state index in [4.69, 9.17) is 5.73 Å². The van der Waals surface area contributed by atoms with Crippen molar-refractivity contribution in [1.82, 2.24) is 4.90 Å². The maximum absolute atomic E-state index is 14.7. The second kappa shape index (κ2) is 7.11. The van der Waals surface area contributed by atoms with Crippen molar-refractivity contribution < 1.29 is 44.3 Å². The predicted octanol–water partition coefficient (Wildman–Crippen LogP) is -0.365. The van der Waals surface area contributed by atoms with Crippen molar-refractivity contribution >= 4 is 23.2 Å². The van der Waals surface area contributed by atoms with Gasteiger partial charge in [-0.3, -0.25) is 19.3 Å². The molecule has 176 valence electrons. The minimum absolute atomic E-state index is 0.153. The summed E-state index contributed by atoms with van der Waals surface area (Å²) in [5.74, 6) is -11.2. The van der Waals surface area contributed by atoms with Crippen LogP contribution in [-0.4, -0.2) is 79.7 Å². The molecule has 7 N–H and O–H groups in total. The summed E-state index contributed by atoms with van der Waals surface area (Å²) in [7, 11) is 2.81. The first-order chi connectivity index (χ1) is 15.3. The van der Waals surface area contributed by atoms with Gasteiger partial charge in [0.15, 0.2) is 11.4 Å². The highest BCUT2D eigenvalue weighted by Gasteiger charge is 2.68. The molecule has 10 nitrogen and oxygen atoms in total. The van der Waals surface area contributed by atoms with Crippen LogP contribution in [0.4, 0.5) is 4.39 Å². The normalized spacial score (nSPS) is 33.7. The fourth-order valence-corrected chi connectivity index (χ4v) is 5.64. The SMILES string of the molecule is C[C@H]1c2c(F)ccc(O)c2C(O)=C2C(=O)[C@]3(O)C(O)=C(C(N)=O)C(=O)[C@@H](N(C)C)[C@@H]3[C@@H](O)[C@@H]21. The van der Waals surface area contributed by atoms with Crippen LogP contribution in [0.25, 0.3) is 5.76 Å². The number of fused-ring (bicyclic) bond motifs is 3. The Labute approximate surface area is 187 Å². The van der Waals surface area contributed by atoms with Crippen LogP contribution in [-0.2, 0) is 14.4 Å². The molecule has 0 spiro atoms. The zero-order chi connectivity index (χ0) is 24.7. The number of aliphatic hydroxyl groups excluding tert-OH is 3. The van der Waals surface area contributed by atoms with Gasteiger partial charge in [0.05, 0.1) is 23.6 Å². The summed E-state index contributed by atoms with van der Waals surface area (Å²) in [6.45, 7) is 1.46. The summed E-state index contributed by atoms with van der Waals surface area (Å²) < 4.78 is 14.7. The van der Waals surface area contributed by atoms with Crippen molar-refractivity contribution in [2.75, 3.05) is 14.1 Å². The standard InChI is InChI=1S/C22H23FN2O8/c1-6-9-7(23)4-5-8(26)11(9)16(27)12-10(6)17(28)14-15(25(2)3)18(29)13(21(24)32)20(31)22(14,33)19(12)30/h4-6,10,14-15,17,26-28,31,33H,1-3H3,(H2,24,32)/t6-,10+,14+,15-,17-,22-/m0/s1. The van der Waals surface area contributed by atoms with Crippen LogP contribution in [0.15, 0.2) is 29.0 Å². The monoisotopic (exact) mass is 462 g/mol. The minimum atomic E-state index is -2.99. The number of carbonyl (C=O) groups is 3. The first kappa shape index (κ1) is 22.9. The molecule has 0 aliphatic heterocycles. The Morgan fingerprint density at radius 1 is 1.18 bits per heavy atom. The lowest BCUT2D eigenvalue weighted by molar-refractivity contribution is -0.169. The number of rotatable bonds is 2. The number of aliphatic hydroxyl groups is 4. The Kier molecular flexibility index (Phi) is 4.93. The molecule has 0 saturated heterocycles. The van der Waals surface area contributed by atoms with Crippen LogP contribution in [0.5, 0.6) is 5.75 Å². The van der Waals surface area contributed by atoms with Crippen LogP contribution >= 0.6 is 0 Å². The smallest absolute Gasteiger partial charge is 0.255 e. The number of nitrogens with two attached hydrogens (primary N) is 1. The Morgan fingerprint density at radius 3 is 2.33 bits per heavy atom. The van der Waals surface area contributed by atoms with Gasteiger partial charge in [-0.2, -0.15) is 0 Å². The van der Waals surface area contributed by atoms with Crippen molar-refractivity contribution in [3.8, 4) is 5.75 Å². The summed E-state index contributed by atoms with van der Waals surface area (Å²) in [5.41, 5.74) is 0.144. The molecule has 0 bridgehead atoms. The third-order valence-corrected chi connectivity index (χ3v) is 7.05. The van der Waals surface area contributed by atoms with Gasteiger partial charge in [0.2, 0.25) is 5.78 Å². The third kappa shape index (κ3) is 2.66. The van der Waals surface area contributed by atoms with Gasteiger partial charge in [-0.05, 0) is 32.1 Å². The molecule has 0 radical (unpaired) electrons. The van der Waals surface area contributed by atoms with E-state index in [1.165, 1.54) is 25.9 Å². The quantitative estimate of drug-likeness (QED) is 0.320. The van der Waals surface area contributed by atoms with Crippen molar-refractivity contribution in [3.63, 3.8) is 0 Å². The van der Waals surface area contributed by atoms with Crippen LogP contribution in [0.3, 0.4) is 0 Å². The molecule has 1 fully saturated rings. The van der Waals surface area contributed by atoms with Crippen LogP contribution in [0, 0.1) is 17.7 Å². The van der Waals surface area contributed by atoms with Crippen molar-refractivity contribution in [1.29, 1.82) is 0 Å². The van der Waals surface area contributed by atoms with Gasteiger partial charge in [0.1, 0.15) is 28.7 Å². The van der Waals surface area contributed by atoms with E-state index >= 15 is 0 Å². The number of phenols is 1. The number of benzene rings is 1. The first-order valence-corrected chi connectivity index (χ1v) is 10.1. The van der Waals surface area contributed by atoms with Crippen molar-refractivity contribution in [3.05, 3.63) is 46.0 Å². The maximum atomic E-state index is 14.7. The molecule has 1 amide bonds. The van der Waals surface area contributed by atoms with Crippen LogP contribution in [0.2, 0.25) is 0 Å². The summed E-state index contributed by atoms with van der Waals surface area (Å²) in [5, 5.41) is 54.7. The number of phenolic OH excluding ortho intramolecular Hbond substituents is 1. The fourth-order valence-electron chi connectivity index (χ4n) is 5.64. The fraction of sp³-hybridized carbons (Fsp3) is 0.409. The number of carbonyl (C=O) groups excluding carboxylic acids is 3. The predicted molar refractivity (Wildman–Crippen MR) is 110 cm³/mol. The lowest BCUT2D eigenvalue weighted by atomic mass is 9.54. The molecule has 0 unspecified atom stereocenters. The van der Waals surface area contributed by atoms with Gasteiger partial charge in [-0.25, -0.2) is 4.39 Å². The Balaban J connectivity index is 2.08. The second-order valence-corrected chi connectivity index (χ2v) is 8.90. The van der Waals surface area contributed by atoms with Crippen molar-refractivity contribution in [2.45, 2.75) is 30.6 Å². The highest BCUT2D eigenvalue weighted by molar-refractivity contribution is 6.24. The Morgan fingerprint density at radius 2 is 1.79 bits per heavy atom. The van der Waals surface area contributed by atoms with Gasteiger partial charge in [0.25, 0.3) is 5.91 Å². The molecule has 1 aromatic carbocycles. The zero-order valence-electron chi connectivity index (χ0n) is 17.9. The number of primary amides is 1. The highest BCUT2D eigenvalue weighted by Crippen LogP contribution is 2.56. The van der Waals surface area contributed by atoms with Gasteiger partial charge in [0, 0.05) is 17.1 Å². The van der Waals surface area contributed by atoms with E-state index in [0.717, 1.165) is 12.1 Å². The molecule has 1 saturated carbocycles. The van der Waals surface area contributed by atoms with Gasteiger partial charge >= 0.3 is 0 Å². The largest absolute Gasteiger partial charge is 0.508 e. The summed E-state index contributed by atoms with van der Waals surface area (Å²) >= 11 is 0. The van der Waals surface area contributed by atoms with Crippen molar-refractivity contribution in [2.24, 2.45) is 17.6 Å². The van der Waals surface area contributed by atoms with E-state index in [9.17, 15) is 44.3 Å². The number of halogens is 1. The van der Waals surface area contributed by atoms with E-state index < -0.39 is 87.2 Å².